The van der Waals surface area contributed by atoms with Crippen LogP contribution in [0.15, 0.2) is 0 Å². The zero-order chi connectivity index (χ0) is 12.9. The smallest absolute Gasteiger partial charge is 0.224 e. The molecule has 1 aromatic rings. The Balaban J connectivity index is 2.01. The lowest BCUT2D eigenvalue weighted by Crippen LogP contribution is -2.45. The van der Waals surface area contributed by atoms with Crippen LogP contribution in [0.5, 0.6) is 0 Å². The van der Waals surface area contributed by atoms with E-state index in [-0.39, 0.29) is 11.4 Å². The second kappa shape index (κ2) is 4.24. The summed E-state index contributed by atoms with van der Waals surface area (Å²) in [5, 5.41) is 10.1. The molecule has 2 aliphatic rings. The van der Waals surface area contributed by atoms with Crippen LogP contribution >= 0.6 is 11.6 Å². The van der Waals surface area contributed by atoms with Crippen LogP contribution in [-0.2, 0) is 0 Å². The first-order chi connectivity index (χ1) is 8.56. The molecule has 6 heteroatoms. The molecule has 0 aromatic carbocycles. The van der Waals surface area contributed by atoms with E-state index in [1.54, 1.807) is 0 Å². The molecule has 3 N–H and O–H groups in total. The molecule has 5 nitrogen and oxygen atoms in total. The molecule has 98 valence electrons. The molecule has 2 fully saturated rings. The topological polar surface area (TPSA) is 75.3 Å². The van der Waals surface area contributed by atoms with E-state index >= 15 is 0 Å². The number of piperidine rings is 1. The summed E-state index contributed by atoms with van der Waals surface area (Å²) in [6.07, 6.45) is 3.55. The van der Waals surface area contributed by atoms with Gasteiger partial charge in [-0.15, -0.1) is 0 Å². The van der Waals surface area contributed by atoms with Gasteiger partial charge in [-0.2, -0.15) is 4.98 Å². The lowest BCUT2D eigenvalue weighted by molar-refractivity contribution is 0.126. The van der Waals surface area contributed by atoms with E-state index in [1.165, 1.54) is 0 Å². The molecule has 2 aliphatic heterocycles. The zero-order valence-corrected chi connectivity index (χ0v) is 11.1. The van der Waals surface area contributed by atoms with Crippen molar-refractivity contribution in [3.05, 3.63) is 11.0 Å². The van der Waals surface area contributed by atoms with Gasteiger partial charge in [0.2, 0.25) is 5.28 Å². The molecule has 0 radical (unpaired) electrons. The van der Waals surface area contributed by atoms with Gasteiger partial charge in [0.05, 0.1) is 17.5 Å². The minimum Gasteiger partial charge on any atom is -0.394 e. The maximum absolute atomic E-state index is 9.82. The molecule has 0 spiro atoms. The monoisotopic (exact) mass is 268 g/mol. The highest BCUT2D eigenvalue weighted by atomic mass is 35.5. The van der Waals surface area contributed by atoms with Gasteiger partial charge in [0.1, 0.15) is 0 Å². The normalized spacial score (nSPS) is 30.8. The number of nitrogen functional groups attached to an aromatic ring is 1. The predicted molar refractivity (Wildman–Crippen MR) is 70.7 cm³/mol. The van der Waals surface area contributed by atoms with Crippen molar-refractivity contribution < 1.29 is 5.11 Å². The minimum absolute atomic E-state index is 0.196. The van der Waals surface area contributed by atoms with Gasteiger partial charge in [0, 0.05) is 12.1 Å². The number of aromatic nitrogens is 2. The van der Waals surface area contributed by atoms with E-state index in [0.717, 1.165) is 37.2 Å². The summed E-state index contributed by atoms with van der Waals surface area (Å²) >= 11 is 5.93. The Hall–Kier alpha value is -1.07. The Kier molecular flexibility index (Phi) is 2.83. The molecule has 3 heterocycles. The van der Waals surface area contributed by atoms with Gasteiger partial charge in [-0.05, 0) is 44.2 Å². The van der Waals surface area contributed by atoms with Gasteiger partial charge in [-0.3, -0.25) is 0 Å². The van der Waals surface area contributed by atoms with Crippen LogP contribution in [0.2, 0.25) is 5.28 Å². The number of hydrogen-bond donors (Lipinski definition) is 2. The number of aryl methyl sites for hydroxylation is 1. The van der Waals surface area contributed by atoms with E-state index in [4.69, 9.17) is 17.3 Å². The molecular weight excluding hydrogens is 252 g/mol. The van der Waals surface area contributed by atoms with Gasteiger partial charge >= 0.3 is 0 Å². The molecule has 1 aromatic heterocycles. The standard InChI is InChI=1S/C12H17ClN4O/c1-6-10(14)11(16-12(13)15-6)17-7-2-3-8(17)5-9(18)4-7/h7-9,18H,2-5,14H2,1H3. The number of aliphatic hydroxyl groups is 1. The maximum Gasteiger partial charge on any atom is 0.224 e. The maximum atomic E-state index is 9.82. The van der Waals surface area contributed by atoms with E-state index in [0.29, 0.717) is 17.8 Å². The first kappa shape index (κ1) is 12.0. The van der Waals surface area contributed by atoms with Crippen LogP contribution in [0.4, 0.5) is 11.5 Å². The summed E-state index contributed by atoms with van der Waals surface area (Å²) in [5.41, 5.74) is 7.40. The van der Waals surface area contributed by atoms with E-state index in [9.17, 15) is 5.11 Å². The third kappa shape index (κ3) is 1.82. The van der Waals surface area contributed by atoms with Gasteiger partial charge in [0.25, 0.3) is 0 Å². The third-order valence-corrected chi connectivity index (χ3v) is 4.21. The summed E-state index contributed by atoms with van der Waals surface area (Å²) in [6.45, 7) is 1.84. The van der Waals surface area contributed by atoms with Gasteiger partial charge in [-0.25, -0.2) is 4.98 Å². The molecule has 3 rings (SSSR count). The van der Waals surface area contributed by atoms with Crippen LogP contribution in [0.1, 0.15) is 31.4 Å². The molecule has 0 saturated carbocycles. The number of halogens is 1. The molecule has 2 unspecified atom stereocenters. The second-order valence-corrected chi connectivity index (χ2v) is 5.57. The minimum atomic E-state index is -0.196. The average molecular weight is 269 g/mol. The summed E-state index contributed by atoms with van der Waals surface area (Å²) in [5.74, 6) is 0.743. The average Bonchev–Trinajstić information content (AvgIpc) is 2.56. The quantitative estimate of drug-likeness (QED) is 0.755. The summed E-state index contributed by atoms with van der Waals surface area (Å²) in [4.78, 5) is 10.6. The number of rotatable bonds is 1. The number of aliphatic hydroxyl groups excluding tert-OH is 1. The predicted octanol–water partition coefficient (Wildman–Crippen LogP) is 1.51. The van der Waals surface area contributed by atoms with Crippen LogP contribution in [0, 0.1) is 6.92 Å². The van der Waals surface area contributed by atoms with Crippen molar-refractivity contribution in [3.63, 3.8) is 0 Å². The number of anilines is 2. The number of nitrogens with zero attached hydrogens (tertiary/aromatic N) is 3. The van der Waals surface area contributed by atoms with Crippen LogP contribution in [0.25, 0.3) is 0 Å². The molecule has 2 atom stereocenters. The zero-order valence-electron chi connectivity index (χ0n) is 10.3. The molecule has 2 bridgehead atoms. The van der Waals surface area contributed by atoms with Gasteiger partial charge in [0.15, 0.2) is 5.82 Å². The van der Waals surface area contributed by atoms with Crippen molar-refractivity contribution >= 4 is 23.1 Å². The highest BCUT2D eigenvalue weighted by Gasteiger charge is 2.41. The summed E-state index contributed by atoms with van der Waals surface area (Å²) in [6, 6.07) is 0.651. The molecular formula is C12H17ClN4O. The molecule has 18 heavy (non-hydrogen) atoms. The van der Waals surface area contributed by atoms with Crippen LogP contribution in [-0.4, -0.2) is 33.3 Å². The van der Waals surface area contributed by atoms with E-state index in [2.05, 4.69) is 14.9 Å². The molecule has 2 saturated heterocycles. The van der Waals surface area contributed by atoms with Gasteiger partial charge in [-0.1, -0.05) is 0 Å². The second-order valence-electron chi connectivity index (χ2n) is 5.23. The first-order valence-electron chi connectivity index (χ1n) is 6.32. The number of nitrogens with two attached hydrogens (primary N) is 1. The summed E-state index contributed by atoms with van der Waals surface area (Å²) < 4.78 is 0. The Labute approximate surface area is 111 Å². The Morgan fingerprint density at radius 3 is 2.50 bits per heavy atom. The SMILES string of the molecule is Cc1nc(Cl)nc(N2C3CCC2CC(O)C3)c1N. The largest absolute Gasteiger partial charge is 0.394 e. The molecule has 0 amide bonds. The van der Waals surface area contributed by atoms with Crippen molar-refractivity contribution in [2.24, 2.45) is 0 Å². The van der Waals surface area contributed by atoms with E-state index < -0.39 is 0 Å². The van der Waals surface area contributed by atoms with Crippen LogP contribution in [0.3, 0.4) is 0 Å². The Morgan fingerprint density at radius 2 is 1.89 bits per heavy atom. The summed E-state index contributed by atoms with van der Waals surface area (Å²) in [7, 11) is 0. The lowest BCUT2D eigenvalue weighted by Gasteiger charge is -2.38. The van der Waals surface area contributed by atoms with Crippen molar-refractivity contribution in [1.29, 1.82) is 0 Å². The van der Waals surface area contributed by atoms with E-state index in [1.807, 2.05) is 6.92 Å². The fraction of sp³-hybridized carbons (Fsp3) is 0.667. The van der Waals surface area contributed by atoms with Crippen molar-refractivity contribution in [2.75, 3.05) is 10.6 Å². The Bertz CT molecular complexity index is 467. The lowest BCUT2D eigenvalue weighted by atomic mass is 10.00. The highest BCUT2D eigenvalue weighted by Crippen LogP contribution is 2.41. The fourth-order valence-corrected chi connectivity index (χ4v) is 3.43. The van der Waals surface area contributed by atoms with Crippen molar-refractivity contribution in [2.45, 2.75) is 50.8 Å². The highest BCUT2D eigenvalue weighted by molar-refractivity contribution is 6.28. The van der Waals surface area contributed by atoms with Crippen molar-refractivity contribution in [1.82, 2.24) is 9.97 Å². The van der Waals surface area contributed by atoms with Crippen molar-refractivity contribution in [3.8, 4) is 0 Å². The molecule has 0 aliphatic carbocycles. The fourth-order valence-electron chi connectivity index (χ4n) is 3.22. The first-order valence-corrected chi connectivity index (χ1v) is 6.70. The third-order valence-electron chi connectivity index (χ3n) is 4.04. The number of fused-ring (bicyclic) bond motifs is 2. The van der Waals surface area contributed by atoms with Crippen LogP contribution < -0.4 is 10.6 Å². The van der Waals surface area contributed by atoms with Gasteiger partial charge < -0.3 is 15.7 Å². The Morgan fingerprint density at radius 1 is 1.28 bits per heavy atom. The number of hydrogen-bond acceptors (Lipinski definition) is 5.